The van der Waals surface area contributed by atoms with Crippen LogP contribution in [0.15, 0.2) is 24.3 Å². The van der Waals surface area contributed by atoms with E-state index in [9.17, 15) is 9.59 Å². The summed E-state index contributed by atoms with van der Waals surface area (Å²) in [4.78, 5) is 23.1. The minimum atomic E-state index is -0.321. The van der Waals surface area contributed by atoms with E-state index < -0.39 is 0 Å². The Morgan fingerprint density at radius 1 is 1.14 bits per heavy atom. The summed E-state index contributed by atoms with van der Waals surface area (Å²) in [6, 6.07) is 7.30. The first-order chi connectivity index (χ1) is 10.0. The van der Waals surface area contributed by atoms with E-state index in [1.807, 2.05) is 32.0 Å². The molecule has 0 saturated heterocycles. The molecular formula is C15H23N3O3. The number of anilines is 1. The van der Waals surface area contributed by atoms with Gasteiger partial charge in [-0.2, -0.15) is 0 Å². The Morgan fingerprint density at radius 3 is 2.48 bits per heavy atom. The topological polar surface area (TPSA) is 79.5 Å². The van der Waals surface area contributed by atoms with Crippen LogP contribution in [-0.2, 0) is 9.59 Å². The second kappa shape index (κ2) is 8.84. The van der Waals surface area contributed by atoms with E-state index in [0.717, 1.165) is 12.1 Å². The van der Waals surface area contributed by atoms with Crippen molar-refractivity contribution in [2.24, 2.45) is 5.92 Å². The smallest absolute Gasteiger partial charge is 0.257 e. The Labute approximate surface area is 125 Å². The summed E-state index contributed by atoms with van der Waals surface area (Å²) in [5.74, 6) is 0.609. The number of hydrogen-bond donors (Lipinski definition) is 3. The van der Waals surface area contributed by atoms with E-state index in [2.05, 4.69) is 16.2 Å². The van der Waals surface area contributed by atoms with Gasteiger partial charge in [-0.15, -0.1) is 0 Å². The van der Waals surface area contributed by atoms with Crippen molar-refractivity contribution in [3.05, 3.63) is 24.3 Å². The highest BCUT2D eigenvalue weighted by Crippen LogP contribution is 2.22. The van der Waals surface area contributed by atoms with Gasteiger partial charge < -0.3 is 10.1 Å². The van der Waals surface area contributed by atoms with Gasteiger partial charge in [-0.25, -0.2) is 0 Å². The molecule has 0 fully saturated rings. The van der Waals surface area contributed by atoms with Gasteiger partial charge in [-0.3, -0.25) is 20.4 Å². The lowest BCUT2D eigenvalue weighted by atomic mass is 10.1. The summed E-state index contributed by atoms with van der Waals surface area (Å²) < 4.78 is 5.17. The van der Waals surface area contributed by atoms with Crippen LogP contribution in [0, 0.1) is 5.92 Å². The van der Waals surface area contributed by atoms with Crippen molar-refractivity contribution in [3.8, 4) is 5.75 Å². The van der Waals surface area contributed by atoms with Crippen LogP contribution in [0.5, 0.6) is 5.75 Å². The standard InChI is InChI=1S/C15H23N3O3/c1-11(2)8-9-14(19)17-18-15(20)10-16-12-6-4-5-7-13(12)21-3/h4-7,11,16H,8-10H2,1-3H3,(H,17,19)(H,18,20). The van der Waals surface area contributed by atoms with Gasteiger partial charge in [0.05, 0.1) is 19.3 Å². The van der Waals surface area contributed by atoms with Crippen molar-refractivity contribution in [3.63, 3.8) is 0 Å². The second-order valence-electron chi connectivity index (χ2n) is 5.08. The summed E-state index contributed by atoms with van der Waals surface area (Å²) in [6.07, 6.45) is 1.19. The van der Waals surface area contributed by atoms with Gasteiger partial charge in [-0.1, -0.05) is 26.0 Å². The van der Waals surface area contributed by atoms with E-state index in [1.165, 1.54) is 0 Å². The van der Waals surface area contributed by atoms with Gasteiger partial charge in [0.15, 0.2) is 0 Å². The molecule has 21 heavy (non-hydrogen) atoms. The number of nitrogens with one attached hydrogen (secondary N) is 3. The molecule has 0 heterocycles. The molecule has 0 bridgehead atoms. The lowest BCUT2D eigenvalue weighted by molar-refractivity contribution is -0.128. The van der Waals surface area contributed by atoms with E-state index in [4.69, 9.17) is 4.74 Å². The molecule has 0 spiro atoms. The van der Waals surface area contributed by atoms with Crippen molar-refractivity contribution >= 4 is 17.5 Å². The Balaban J connectivity index is 2.29. The van der Waals surface area contributed by atoms with E-state index >= 15 is 0 Å². The van der Waals surface area contributed by atoms with Crippen LogP contribution < -0.4 is 20.9 Å². The third-order valence-corrected chi connectivity index (χ3v) is 2.84. The van der Waals surface area contributed by atoms with Crippen molar-refractivity contribution in [1.82, 2.24) is 10.9 Å². The fraction of sp³-hybridized carbons (Fsp3) is 0.467. The number of para-hydroxylation sites is 2. The third kappa shape index (κ3) is 6.65. The van der Waals surface area contributed by atoms with E-state index in [-0.39, 0.29) is 18.4 Å². The number of hydrogen-bond acceptors (Lipinski definition) is 4. The number of benzene rings is 1. The molecule has 0 atom stereocenters. The summed E-state index contributed by atoms with van der Waals surface area (Å²) in [7, 11) is 1.57. The zero-order chi connectivity index (χ0) is 15.7. The maximum atomic E-state index is 11.6. The number of methoxy groups -OCH3 is 1. The Hall–Kier alpha value is -2.24. The number of hydrazine groups is 1. The Kier molecular flexibility index (Phi) is 7.08. The van der Waals surface area contributed by atoms with Crippen LogP contribution in [0.3, 0.4) is 0 Å². The molecule has 6 heteroatoms. The van der Waals surface area contributed by atoms with Gasteiger partial charge in [0.25, 0.3) is 5.91 Å². The normalized spacial score (nSPS) is 10.1. The SMILES string of the molecule is COc1ccccc1NCC(=O)NNC(=O)CCC(C)C. The number of carbonyl (C=O) groups is 2. The Bertz CT molecular complexity index is 475. The summed E-state index contributed by atoms with van der Waals surface area (Å²) in [5, 5.41) is 2.95. The van der Waals surface area contributed by atoms with Crippen LogP contribution in [0.25, 0.3) is 0 Å². The third-order valence-electron chi connectivity index (χ3n) is 2.84. The first kappa shape index (κ1) is 16.8. The largest absolute Gasteiger partial charge is 0.495 e. The van der Waals surface area contributed by atoms with Crippen LogP contribution in [0.4, 0.5) is 5.69 Å². The molecule has 0 unspecified atom stereocenters. The van der Waals surface area contributed by atoms with E-state index in [0.29, 0.717) is 18.1 Å². The molecule has 0 radical (unpaired) electrons. The molecule has 2 amide bonds. The minimum absolute atomic E-state index is 0.0465. The van der Waals surface area contributed by atoms with Gasteiger partial charge in [0, 0.05) is 6.42 Å². The van der Waals surface area contributed by atoms with Crippen LogP contribution in [0.2, 0.25) is 0 Å². The van der Waals surface area contributed by atoms with Gasteiger partial charge >= 0.3 is 0 Å². The molecule has 0 aliphatic rings. The minimum Gasteiger partial charge on any atom is -0.495 e. The highest BCUT2D eigenvalue weighted by molar-refractivity contribution is 5.84. The highest BCUT2D eigenvalue weighted by atomic mass is 16.5. The average Bonchev–Trinajstić information content (AvgIpc) is 2.49. The van der Waals surface area contributed by atoms with E-state index in [1.54, 1.807) is 13.2 Å². The molecule has 0 saturated carbocycles. The van der Waals surface area contributed by atoms with Crippen molar-refractivity contribution in [1.29, 1.82) is 0 Å². The lowest BCUT2D eigenvalue weighted by Gasteiger charge is -2.11. The molecule has 116 valence electrons. The summed E-state index contributed by atoms with van der Waals surface area (Å²) in [6.45, 7) is 4.14. The molecule has 6 nitrogen and oxygen atoms in total. The Morgan fingerprint density at radius 2 is 1.81 bits per heavy atom. The van der Waals surface area contributed by atoms with Crippen molar-refractivity contribution in [2.45, 2.75) is 26.7 Å². The molecule has 1 aromatic rings. The number of ether oxygens (including phenoxy) is 1. The number of carbonyl (C=O) groups excluding carboxylic acids is 2. The first-order valence-corrected chi connectivity index (χ1v) is 6.97. The van der Waals surface area contributed by atoms with Crippen LogP contribution in [-0.4, -0.2) is 25.5 Å². The average molecular weight is 293 g/mol. The molecule has 3 N–H and O–H groups in total. The number of amides is 2. The molecule has 0 aromatic heterocycles. The predicted octanol–water partition coefficient (Wildman–Crippen LogP) is 1.69. The fourth-order valence-corrected chi connectivity index (χ4v) is 1.63. The monoisotopic (exact) mass is 293 g/mol. The zero-order valence-electron chi connectivity index (χ0n) is 12.7. The highest BCUT2D eigenvalue weighted by Gasteiger charge is 2.07. The number of rotatable bonds is 7. The van der Waals surface area contributed by atoms with Crippen molar-refractivity contribution in [2.75, 3.05) is 19.0 Å². The van der Waals surface area contributed by atoms with Crippen LogP contribution in [0.1, 0.15) is 26.7 Å². The molecule has 0 aliphatic carbocycles. The van der Waals surface area contributed by atoms with Crippen molar-refractivity contribution < 1.29 is 14.3 Å². The molecule has 1 rings (SSSR count). The quantitative estimate of drug-likeness (QED) is 0.668. The molecular weight excluding hydrogens is 270 g/mol. The molecule has 0 aliphatic heterocycles. The fourth-order valence-electron chi connectivity index (χ4n) is 1.63. The van der Waals surface area contributed by atoms with Crippen LogP contribution >= 0.6 is 0 Å². The van der Waals surface area contributed by atoms with Gasteiger partial charge in [-0.05, 0) is 24.5 Å². The maximum Gasteiger partial charge on any atom is 0.257 e. The second-order valence-corrected chi connectivity index (χ2v) is 5.08. The predicted molar refractivity (Wildman–Crippen MR) is 81.8 cm³/mol. The zero-order valence-corrected chi connectivity index (χ0v) is 12.7. The van der Waals surface area contributed by atoms with Gasteiger partial charge in [0.1, 0.15) is 5.75 Å². The maximum absolute atomic E-state index is 11.6. The summed E-state index contributed by atoms with van der Waals surface area (Å²) in [5.41, 5.74) is 5.49. The molecule has 1 aromatic carbocycles. The lowest BCUT2D eigenvalue weighted by Crippen LogP contribution is -2.44. The van der Waals surface area contributed by atoms with Gasteiger partial charge in [0.2, 0.25) is 5.91 Å². The summed E-state index contributed by atoms with van der Waals surface area (Å²) >= 11 is 0. The first-order valence-electron chi connectivity index (χ1n) is 6.97.